The van der Waals surface area contributed by atoms with Crippen molar-refractivity contribution in [3.05, 3.63) is 24.3 Å². The first-order valence-electron chi connectivity index (χ1n) is 6.97. The van der Waals surface area contributed by atoms with E-state index in [-0.39, 0.29) is 25.2 Å². The molecule has 22 heavy (non-hydrogen) atoms. The Morgan fingerprint density at radius 1 is 1.32 bits per heavy atom. The number of carbonyl (C=O) groups excluding carboxylic acids is 1. The second-order valence-electron chi connectivity index (χ2n) is 4.71. The summed E-state index contributed by atoms with van der Waals surface area (Å²) in [5, 5.41) is 0. The molecule has 1 heterocycles. The van der Waals surface area contributed by atoms with Crippen LogP contribution in [0.4, 0.5) is 0 Å². The number of methoxy groups -OCH3 is 1. The Bertz CT molecular complexity index is 465. The van der Waals surface area contributed by atoms with E-state index in [2.05, 4.69) is 4.90 Å². The molecule has 1 aromatic carbocycles. The Hall–Kier alpha value is -1.50. The van der Waals surface area contributed by atoms with Gasteiger partial charge in [-0.1, -0.05) is 6.07 Å². The lowest BCUT2D eigenvalue weighted by atomic mass is 10.3. The van der Waals surface area contributed by atoms with Crippen molar-refractivity contribution >= 4 is 18.4 Å². The van der Waals surface area contributed by atoms with Gasteiger partial charge in [0, 0.05) is 19.2 Å². The summed E-state index contributed by atoms with van der Waals surface area (Å²) in [4.78, 5) is 13.8. The average molecular weight is 332 g/mol. The van der Waals surface area contributed by atoms with E-state index < -0.39 is 5.97 Å². The SMILES string of the molecule is COc1cccc(OCC(=O)OC(C)N2CCOCC2)c1.Cl. The normalized spacial score (nSPS) is 16.3. The number of nitrogens with zero attached hydrogens (tertiary/aromatic N) is 1. The minimum atomic E-state index is -0.392. The maximum atomic E-state index is 11.8. The molecule has 0 spiro atoms. The van der Waals surface area contributed by atoms with Gasteiger partial charge in [0.25, 0.3) is 0 Å². The quantitative estimate of drug-likeness (QED) is 0.740. The second kappa shape index (κ2) is 9.50. The number of morpholine rings is 1. The van der Waals surface area contributed by atoms with Gasteiger partial charge in [0.1, 0.15) is 11.5 Å². The molecule has 7 heteroatoms. The van der Waals surface area contributed by atoms with E-state index in [1.54, 1.807) is 25.3 Å². The molecule has 0 radical (unpaired) electrons. The van der Waals surface area contributed by atoms with E-state index in [1.807, 2.05) is 13.0 Å². The minimum Gasteiger partial charge on any atom is -0.497 e. The third-order valence-electron chi connectivity index (χ3n) is 3.26. The Balaban J connectivity index is 0.00000242. The van der Waals surface area contributed by atoms with Gasteiger partial charge in [0.2, 0.25) is 0 Å². The third kappa shape index (κ3) is 5.71. The second-order valence-corrected chi connectivity index (χ2v) is 4.71. The lowest BCUT2D eigenvalue weighted by Gasteiger charge is -2.31. The highest BCUT2D eigenvalue weighted by Gasteiger charge is 2.20. The van der Waals surface area contributed by atoms with Crippen LogP contribution in [0.15, 0.2) is 24.3 Å². The van der Waals surface area contributed by atoms with Gasteiger partial charge in [-0.2, -0.15) is 0 Å². The Morgan fingerprint density at radius 3 is 2.68 bits per heavy atom. The molecular formula is C15H22ClNO5. The van der Waals surface area contributed by atoms with Crippen LogP contribution >= 0.6 is 12.4 Å². The zero-order valence-corrected chi connectivity index (χ0v) is 13.6. The molecule has 0 amide bonds. The zero-order valence-electron chi connectivity index (χ0n) is 12.8. The Labute approximate surface area is 136 Å². The predicted octanol–water partition coefficient (Wildman–Crippen LogP) is 1.72. The number of benzene rings is 1. The van der Waals surface area contributed by atoms with Crippen LogP contribution in [0.1, 0.15) is 6.92 Å². The molecule has 1 unspecified atom stereocenters. The highest BCUT2D eigenvalue weighted by Crippen LogP contribution is 2.18. The molecule has 2 rings (SSSR count). The fourth-order valence-electron chi connectivity index (χ4n) is 2.07. The summed E-state index contributed by atoms with van der Waals surface area (Å²) >= 11 is 0. The van der Waals surface area contributed by atoms with Gasteiger partial charge >= 0.3 is 5.97 Å². The standard InChI is InChI=1S/C15H21NO5.ClH/c1-12(16-6-8-19-9-7-16)21-15(17)11-20-14-5-3-4-13(10-14)18-2;/h3-5,10,12H,6-9,11H2,1-2H3;1H. The summed E-state index contributed by atoms with van der Waals surface area (Å²) < 4.78 is 21.1. The van der Waals surface area contributed by atoms with Crippen LogP contribution in [0.3, 0.4) is 0 Å². The number of rotatable bonds is 6. The smallest absolute Gasteiger partial charge is 0.345 e. The van der Waals surface area contributed by atoms with Gasteiger partial charge in [-0.05, 0) is 19.1 Å². The molecule has 1 aromatic rings. The van der Waals surface area contributed by atoms with Gasteiger partial charge in [-0.15, -0.1) is 12.4 Å². The topological polar surface area (TPSA) is 57.2 Å². The van der Waals surface area contributed by atoms with E-state index in [4.69, 9.17) is 18.9 Å². The number of carbonyl (C=O) groups is 1. The predicted molar refractivity (Wildman–Crippen MR) is 83.7 cm³/mol. The van der Waals surface area contributed by atoms with Crippen molar-refractivity contribution in [2.75, 3.05) is 40.0 Å². The molecule has 1 aliphatic heterocycles. The number of hydrogen-bond acceptors (Lipinski definition) is 6. The van der Waals surface area contributed by atoms with Gasteiger partial charge in [0.15, 0.2) is 12.8 Å². The Kier molecular flexibility index (Phi) is 8.01. The van der Waals surface area contributed by atoms with Crippen molar-refractivity contribution in [1.82, 2.24) is 4.90 Å². The number of hydrogen-bond donors (Lipinski definition) is 0. The van der Waals surface area contributed by atoms with Crippen LogP contribution in [0, 0.1) is 0 Å². The van der Waals surface area contributed by atoms with E-state index in [1.165, 1.54) is 0 Å². The summed E-state index contributed by atoms with van der Waals surface area (Å²) in [7, 11) is 1.58. The fraction of sp³-hybridized carbons (Fsp3) is 0.533. The molecule has 0 aliphatic carbocycles. The lowest BCUT2D eigenvalue weighted by Crippen LogP contribution is -2.44. The number of esters is 1. The summed E-state index contributed by atoms with van der Waals surface area (Å²) in [6.07, 6.45) is -0.268. The van der Waals surface area contributed by atoms with Gasteiger partial charge in [-0.25, -0.2) is 4.79 Å². The highest BCUT2D eigenvalue weighted by molar-refractivity contribution is 5.85. The van der Waals surface area contributed by atoms with Crippen molar-refractivity contribution < 1.29 is 23.7 Å². The van der Waals surface area contributed by atoms with Crippen LogP contribution in [0.25, 0.3) is 0 Å². The maximum Gasteiger partial charge on any atom is 0.345 e. The van der Waals surface area contributed by atoms with Crippen molar-refractivity contribution in [3.8, 4) is 11.5 Å². The molecule has 0 saturated carbocycles. The molecule has 124 valence electrons. The first-order chi connectivity index (χ1) is 10.2. The van der Waals surface area contributed by atoms with Crippen molar-refractivity contribution in [3.63, 3.8) is 0 Å². The van der Waals surface area contributed by atoms with Crippen LogP contribution in [-0.2, 0) is 14.3 Å². The average Bonchev–Trinajstić information content (AvgIpc) is 2.54. The lowest BCUT2D eigenvalue weighted by molar-refractivity contribution is -0.163. The van der Waals surface area contributed by atoms with Crippen LogP contribution < -0.4 is 9.47 Å². The van der Waals surface area contributed by atoms with Crippen molar-refractivity contribution in [2.45, 2.75) is 13.2 Å². The van der Waals surface area contributed by atoms with Gasteiger partial charge in [0.05, 0.1) is 20.3 Å². The summed E-state index contributed by atoms with van der Waals surface area (Å²) in [6.45, 7) is 4.61. The fourth-order valence-corrected chi connectivity index (χ4v) is 2.07. The maximum absolute atomic E-state index is 11.8. The monoisotopic (exact) mass is 331 g/mol. The van der Waals surface area contributed by atoms with Crippen molar-refractivity contribution in [2.24, 2.45) is 0 Å². The van der Waals surface area contributed by atoms with Crippen LogP contribution in [0.2, 0.25) is 0 Å². The summed E-state index contributed by atoms with van der Waals surface area (Å²) in [6, 6.07) is 7.10. The molecule has 0 N–H and O–H groups in total. The molecule has 1 atom stereocenters. The van der Waals surface area contributed by atoms with Crippen LogP contribution in [0.5, 0.6) is 11.5 Å². The number of ether oxygens (including phenoxy) is 4. The van der Waals surface area contributed by atoms with E-state index in [0.29, 0.717) is 24.7 Å². The van der Waals surface area contributed by atoms with E-state index >= 15 is 0 Å². The molecule has 0 aromatic heterocycles. The molecule has 1 fully saturated rings. The zero-order chi connectivity index (χ0) is 15.1. The van der Waals surface area contributed by atoms with Gasteiger partial charge < -0.3 is 18.9 Å². The Morgan fingerprint density at radius 2 is 2.00 bits per heavy atom. The number of halogens is 1. The molecule has 1 aliphatic rings. The minimum absolute atomic E-state index is 0. The van der Waals surface area contributed by atoms with Crippen LogP contribution in [-0.4, -0.2) is 57.1 Å². The van der Waals surface area contributed by atoms with Gasteiger partial charge in [-0.3, -0.25) is 4.90 Å². The summed E-state index contributed by atoms with van der Waals surface area (Å²) in [5.41, 5.74) is 0. The molecule has 0 bridgehead atoms. The van der Waals surface area contributed by atoms with Crippen molar-refractivity contribution in [1.29, 1.82) is 0 Å². The van der Waals surface area contributed by atoms with E-state index in [9.17, 15) is 4.79 Å². The molecule has 1 saturated heterocycles. The summed E-state index contributed by atoms with van der Waals surface area (Å²) in [5.74, 6) is 0.865. The van der Waals surface area contributed by atoms with E-state index in [0.717, 1.165) is 13.1 Å². The molecule has 6 nitrogen and oxygen atoms in total. The largest absolute Gasteiger partial charge is 0.497 e. The first kappa shape index (κ1) is 18.5. The molecular weight excluding hydrogens is 310 g/mol. The highest BCUT2D eigenvalue weighted by atomic mass is 35.5. The first-order valence-corrected chi connectivity index (χ1v) is 6.97. The third-order valence-corrected chi connectivity index (χ3v) is 3.26.